The molecule has 0 N–H and O–H groups in total. The minimum absolute atomic E-state index is 0.522. The summed E-state index contributed by atoms with van der Waals surface area (Å²) < 4.78 is 6.47. The average molecular weight is 306 g/mol. The van der Waals surface area contributed by atoms with Crippen LogP contribution < -0.4 is 4.74 Å². The molecule has 3 nitrogen and oxygen atoms in total. The van der Waals surface area contributed by atoms with Gasteiger partial charge in [0, 0.05) is 23.3 Å². The summed E-state index contributed by atoms with van der Waals surface area (Å²) in [5, 5.41) is 0. The molecule has 0 aliphatic rings. The van der Waals surface area contributed by atoms with Gasteiger partial charge in [0.2, 0.25) is 0 Å². The number of carbonyl (C=O) groups is 1. The van der Waals surface area contributed by atoms with Gasteiger partial charge < -0.3 is 4.74 Å². The number of halogens is 1. The van der Waals surface area contributed by atoms with Crippen molar-refractivity contribution in [3.05, 3.63) is 58.3 Å². The summed E-state index contributed by atoms with van der Waals surface area (Å²) in [4.78, 5) is 14.9. The highest BCUT2D eigenvalue weighted by atomic mass is 79.9. The predicted molar refractivity (Wildman–Crippen MR) is 73.0 cm³/mol. The molecule has 0 atom stereocenters. The first-order valence-electron chi connectivity index (χ1n) is 5.56. The van der Waals surface area contributed by atoms with Crippen molar-refractivity contribution in [3.63, 3.8) is 0 Å². The van der Waals surface area contributed by atoms with Crippen molar-refractivity contribution in [1.29, 1.82) is 0 Å². The van der Waals surface area contributed by atoms with E-state index in [0.717, 1.165) is 22.7 Å². The Balaban J connectivity index is 1.96. The van der Waals surface area contributed by atoms with Gasteiger partial charge in [-0.15, -0.1) is 0 Å². The quantitative estimate of drug-likeness (QED) is 0.796. The Morgan fingerprint density at radius 1 is 1.33 bits per heavy atom. The van der Waals surface area contributed by atoms with E-state index in [1.807, 2.05) is 24.4 Å². The lowest BCUT2D eigenvalue weighted by molar-refractivity contribution is 0.111. The second kappa shape index (κ2) is 6.31. The Labute approximate surface area is 114 Å². The largest absolute Gasteiger partial charge is 0.492 e. The van der Waals surface area contributed by atoms with E-state index in [1.54, 1.807) is 18.3 Å². The molecule has 1 aromatic heterocycles. The molecule has 0 saturated carbocycles. The molecule has 0 amide bonds. The van der Waals surface area contributed by atoms with Gasteiger partial charge in [0.1, 0.15) is 5.75 Å². The molecule has 0 saturated heterocycles. The van der Waals surface area contributed by atoms with E-state index in [9.17, 15) is 4.79 Å². The number of hydrogen-bond acceptors (Lipinski definition) is 3. The fourth-order valence-corrected chi connectivity index (χ4v) is 1.95. The second-order valence-corrected chi connectivity index (χ2v) is 4.68. The zero-order chi connectivity index (χ0) is 12.8. The van der Waals surface area contributed by atoms with Crippen LogP contribution in [0.2, 0.25) is 0 Å². The number of pyridine rings is 1. The summed E-state index contributed by atoms with van der Waals surface area (Å²) in [5.41, 5.74) is 1.66. The topological polar surface area (TPSA) is 39.2 Å². The number of nitrogens with zero attached hydrogens (tertiary/aromatic N) is 1. The van der Waals surface area contributed by atoms with Gasteiger partial charge in [-0.2, -0.15) is 0 Å². The zero-order valence-electron chi connectivity index (χ0n) is 9.67. The normalized spacial score (nSPS) is 10.1. The molecule has 0 spiro atoms. The molecule has 1 heterocycles. The van der Waals surface area contributed by atoms with Gasteiger partial charge in [0.25, 0.3) is 0 Å². The smallest absolute Gasteiger partial charge is 0.153 e. The number of carbonyl (C=O) groups excluding carboxylic acids is 1. The van der Waals surface area contributed by atoms with Gasteiger partial charge in [-0.1, -0.05) is 22.0 Å². The number of hydrogen-bond donors (Lipinski definition) is 0. The first-order chi connectivity index (χ1) is 8.79. The molecule has 0 bridgehead atoms. The van der Waals surface area contributed by atoms with Crippen molar-refractivity contribution >= 4 is 22.2 Å². The summed E-state index contributed by atoms with van der Waals surface area (Å²) in [6.45, 7) is 0.522. The zero-order valence-corrected chi connectivity index (χ0v) is 11.3. The molecule has 0 radical (unpaired) electrons. The van der Waals surface area contributed by atoms with Crippen LogP contribution in [-0.2, 0) is 6.42 Å². The van der Waals surface area contributed by atoms with Crippen LogP contribution >= 0.6 is 15.9 Å². The minimum atomic E-state index is 0.522. The van der Waals surface area contributed by atoms with Crippen molar-refractivity contribution in [2.24, 2.45) is 0 Å². The maximum absolute atomic E-state index is 10.9. The monoisotopic (exact) mass is 305 g/mol. The third kappa shape index (κ3) is 3.40. The summed E-state index contributed by atoms with van der Waals surface area (Å²) in [6, 6.07) is 9.28. The van der Waals surface area contributed by atoms with Gasteiger partial charge in [0.05, 0.1) is 12.2 Å². The lowest BCUT2D eigenvalue weighted by Crippen LogP contribution is -2.03. The van der Waals surface area contributed by atoms with Crippen molar-refractivity contribution in [2.45, 2.75) is 6.42 Å². The van der Waals surface area contributed by atoms with Gasteiger partial charge >= 0.3 is 0 Å². The van der Waals surface area contributed by atoms with Crippen molar-refractivity contribution in [1.82, 2.24) is 4.98 Å². The molecule has 0 aliphatic carbocycles. The molecule has 0 aliphatic heterocycles. The molecule has 2 aromatic rings. The van der Waals surface area contributed by atoms with Crippen LogP contribution in [-0.4, -0.2) is 17.9 Å². The maximum Gasteiger partial charge on any atom is 0.153 e. The van der Waals surface area contributed by atoms with Crippen LogP contribution in [0.5, 0.6) is 5.75 Å². The van der Waals surface area contributed by atoms with Crippen molar-refractivity contribution in [2.75, 3.05) is 6.61 Å². The molecular formula is C14H12BrNO2. The van der Waals surface area contributed by atoms with Crippen LogP contribution in [0.3, 0.4) is 0 Å². The Kier molecular flexibility index (Phi) is 4.47. The van der Waals surface area contributed by atoms with E-state index in [2.05, 4.69) is 20.9 Å². The third-order valence-electron chi connectivity index (χ3n) is 2.47. The summed E-state index contributed by atoms with van der Waals surface area (Å²) >= 11 is 3.32. The van der Waals surface area contributed by atoms with Crippen LogP contribution in [0, 0.1) is 0 Å². The number of aromatic nitrogens is 1. The highest BCUT2D eigenvalue weighted by Crippen LogP contribution is 2.21. The second-order valence-electron chi connectivity index (χ2n) is 3.76. The summed E-state index contributed by atoms with van der Waals surface area (Å²) in [5.74, 6) is 0.608. The molecule has 2 rings (SSSR count). The lowest BCUT2D eigenvalue weighted by Gasteiger charge is -2.08. The summed E-state index contributed by atoms with van der Waals surface area (Å²) in [7, 11) is 0. The number of rotatable bonds is 5. The van der Waals surface area contributed by atoms with E-state index in [-0.39, 0.29) is 0 Å². The highest BCUT2D eigenvalue weighted by Gasteiger charge is 2.03. The van der Waals surface area contributed by atoms with Crippen molar-refractivity contribution < 1.29 is 9.53 Å². The fourth-order valence-electron chi connectivity index (χ4n) is 1.57. The number of benzene rings is 1. The van der Waals surface area contributed by atoms with Crippen LogP contribution in [0.1, 0.15) is 15.9 Å². The minimum Gasteiger partial charge on any atom is -0.492 e. The van der Waals surface area contributed by atoms with Crippen LogP contribution in [0.25, 0.3) is 0 Å². The molecule has 92 valence electrons. The highest BCUT2D eigenvalue weighted by molar-refractivity contribution is 9.10. The molecule has 18 heavy (non-hydrogen) atoms. The fraction of sp³-hybridized carbons (Fsp3) is 0.143. The number of ether oxygens (including phenoxy) is 1. The summed E-state index contributed by atoms with van der Waals surface area (Å²) in [6.07, 6.45) is 5.11. The van der Waals surface area contributed by atoms with Crippen LogP contribution in [0.4, 0.5) is 0 Å². The Morgan fingerprint density at radius 2 is 2.22 bits per heavy atom. The van der Waals surface area contributed by atoms with E-state index in [1.165, 1.54) is 0 Å². The van der Waals surface area contributed by atoms with E-state index in [4.69, 9.17) is 4.74 Å². The van der Waals surface area contributed by atoms with Gasteiger partial charge in [0.15, 0.2) is 6.29 Å². The first-order valence-corrected chi connectivity index (χ1v) is 6.35. The van der Waals surface area contributed by atoms with E-state index >= 15 is 0 Å². The first kappa shape index (κ1) is 12.8. The predicted octanol–water partition coefficient (Wildman–Crippen LogP) is 3.28. The molecular weight excluding hydrogens is 294 g/mol. The molecule has 0 unspecified atom stereocenters. The molecule has 0 fully saturated rings. The molecule has 1 aromatic carbocycles. The van der Waals surface area contributed by atoms with Gasteiger partial charge in [-0.25, -0.2) is 0 Å². The van der Waals surface area contributed by atoms with E-state index in [0.29, 0.717) is 17.9 Å². The Morgan fingerprint density at radius 3 is 2.94 bits per heavy atom. The van der Waals surface area contributed by atoms with Crippen molar-refractivity contribution in [3.8, 4) is 5.75 Å². The average Bonchev–Trinajstić information content (AvgIpc) is 2.41. The lowest BCUT2D eigenvalue weighted by atomic mass is 10.2. The maximum atomic E-state index is 10.9. The third-order valence-corrected chi connectivity index (χ3v) is 2.96. The Hall–Kier alpha value is -1.68. The SMILES string of the molecule is O=Cc1cc(Br)ccc1OCCc1cccnc1. The molecule has 4 heteroatoms. The Bertz CT molecular complexity index is 529. The van der Waals surface area contributed by atoms with Gasteiger partial charge in [-0.05, 0) is 29.8 Å². The van der Waals surface area contributed by atoms with E-state index < -0.39 is 0 Å². The number of aldehydes is 1. The van der Waals surface area contributed by atoms with Crippen LogP contribution in [0.15, 0.2) is 47.2 Å². The van der Waals surface area contributed by atoms with Gasteiger partial charge in [-0.3, -0.25) is 9.78 Å². The standard InChI is InChI=1S/C14H12BrNO2/c15-13-3-4-14(12(8-13)10-17)18-7-5-11-2-1-6-16-9-11/h1-4,6,8-10H,5,7H2.